The lowest BCUT2D eigenvalue weighted by Gasteiger charge is -2.25. The molecule has 0 amide bonds. The Labute approximate surface area is 141 Å². The summed E-state index contributed by atoms with van der Waals surface area (Å²) in [6.07, 6.45) is 0.718. The van der Waals surface area contributed by atoms with Crippen LogP contribution in [0.2, 0.25) is 0 Å². The number of para-hydroxylation sites is 1. The fraction of sp³-hybridized carbons (Fsp3) is 0.263. The summed E-state index contributed by atoms with van der Waals surface area (Å²) >= 11 is 0. The summed E-state index contributed by atoms with van der Waals surface area (Å²) in [5.74, 6) is 0. The van der Waals surface area contributed by atoms with Crippen LogP contribution in [0.4, 0.5) is 0 Å². The predicted molar refractivity (Wildman–Crippen MR) is 92.2 cm³/mol. The predicted octanol–water partition coefficient (Wildman–Crippen LogP) is 2.52. The van der Waals surface area contributed by atoms with Crippen LogP contribution in [0.1, 0.15) is 23.1 Å². The van der Waals surface area contributed by atoms with Crippen molar-refractivity contribution in [2.75, 3.05) is 19.7 Å². The average Bonchev–Trinajstić information content (AvgIpc) is 3.07. The second-order valence-corrected chi connectivity index (χ2v) is 5.89. The van der Waals surface area contributed by atoms with Crippen molar-refractivity contribution < 1.29 is 4.74 Å². The Bertz CT molecular complexity index is 780. The smallest absolute Gasteiger partial charge is 0.114 e. The molecule has 24 heavy (non-hydrogen) atoms. The number of aromatic nitrogens is 3. The molecule has 5 nitrogen and oxygen atoms in total. The van der Waals surface area contributed by atoms with E-state index >= 15 is 0 Å². The van der Waals surface area contributed by atoms with Crippen LogP contribution in [0, 0.1) is 0 Å². The Kier molecular flexibility index (Phi) is 4.36. The molecule has 2 aromatic carbocycles. The minimum atomic E-state index is -0.0346. The second kappa shape index (κ2) is 6.95. The monoisotopic (exact) mass is 320 g/mol. The Morgan fingerprint density at radius 1 is 1.04 bits per heavy atom. The zero-order valence-corrected chi connectivity index (χ0v) is 13.4. The molecule has 1 aliphatic rings. The summed E-state index contributed by atoms with van der Waals surface area (Å²) in [6.45, 7) is 2.37. The highest BCUT2D eigenvalue weighted by molar-refractivity contribution is 5.35. The zero-order valence-electron chi connectivity index (χ0n) is 13.4. The molecular formula is C19H20N4O. The van der Waals surface area contributed by atoms with Gasteiger partial charge in [-0.1, -0.05) is 53.7 Å². The molecule has 0 aliphatic carbocycles. The van der Waals surface area contributed by atoms with E-state index < -0.39 is 0 Å². The molecule has 5 heteroatoms. The molecule has 2 heterocycles. The van der Waals surface area contributed by atoms with E-state index in [1.54, 1.807) is 0 Å². The molecule has 1 atom stereocenters. The third kappa shape index (κ3) is 3.09. The van der Waals surface area contributed by atoms with Gasteiger partial charge in [-0.05, 0) is 17.7 Å². The molecule has 1 aromatic heterocycles. The topological polar surface area (TPSA) is 52.0 Å². The standard InChI is InChI=1S/C19H20N4O/c1-3-7-15(8-4-1)13-17-19(18-14-20-11-12-24-18)23(22-21-17)16-9-5-2-6-10-16/h1-10,18,20H,11-14H2. The SMILES string of the molecule is c1ccc(Cc2nnn(-c3ccccc3)c2C2CNCCO2)cc1. The first-order chi connectivity index (χ1) is 11.9. The molecule has 4 rings (SSSR count). The van der Waals surface area contributed by atoms with Crippen LogP contribution in [0.5, 0.6) is 0 Å². The van der Waals surface area contributed by atoms with E-state index in [-0.39, 0.29) is 6.10 Å². The summed E-state index contributed by atoms with van der Waals surface area (Å²) in [7, 11) is 0. The minimum Gasteiger partial charge on any atom is -0.369 e. The largest absolute Gasteiger partial charge is 0.369 e. The van der Waals surface area contributed by atoms with Gasteiger partial charge in [-0.25, -0.2) is 4.68 Å². The number of hydrogen-bond donors (Lipinski definition) is 1. The molecule has 3 aromatic rings. The highest BCUT2D eigenvalue weighted by Crippen LogP contribution is 2.25. The number of benzene rings is 2. The molecule has 1 N–H and O–H groups in total. The van der Waals surface area contributed by atoms with Gasteiger partial charge in [-0.3, -0.25) is 0 Å². The Balaban J connectivity index is 1.74. The fourth-order valence-electron chi connectivity index (χ4n) is 3.06. The maximum Gasteiger partial charge on any atom is 0.114 e. The van der Waals surface area contributed by atoms with Crippen LogP contribution in [0.15, 0.2) is 60.7 Å². The second-order valence-electron chi connectivity index (χ2n) is 5.89. The summed E-state index contributed by atoms with van der Waals surface area (Å²) in [4.78, 5) is 0. The molecule has 1 unspecified atom stereocenters. The zero-order chi connectivity index (χ0) is 16.2. The molecule has 0 spiro atoms. The van der Waals surface area contributed by atoms with Crippen LogP contribution in [-0.2, 0) is 11.2 Å². The molecule has 122 valence electrons. The summed E-state index contributed by atoms with van der Waals surface area (Å²) in [5, 5.41) is 12.3. The number of ether oxygens (including phenoxy) is 1. The lowest BCUT2D eigenvalue weighted by Crippen LogP contribution is -2.34. The van der Waals surface area contributed by atoms with Crippen LogP contribution >= 0.6 is 0 Å². The fourth-order valence-corrected chi connectivity index (χ4v) is 3.06. The van der Waals surface area contributed by atoms with Crippen molar-refractivity contribution in [3.05, 3.63) is 77.6 Å². The molecule has 1 aliphatic heterocycles. The van der Waals surface area contributed by atoms with E-state index in [0.29, 0.717) is 6.61 Å². The number of nitrogens with zero attached hydrogens (tertiary/aromatic N) is 3. The van der Waals surface area contributed by atoms with Crippen molar-refractivity contribution in [3.8, 4) is 5.69 Å². The number of hydrogen-bond acceptors (Lipinski definition) is 4. The highest BCUT2D eigenvalue weighted by Gasteiger charge is 2.26. The summed E-state index contributed by atoms with van der Waals surface area (Å²) in [5.41, 5.74) is 4.24. The number of rotatable bonds is 4. The van der Waals surface area contributed by atoms with Gasteiger partial charge in [0.2, 0.25) is 0 Å². The van der Waals surface area contributed by atoms with E-state index in [1.807, 2.05) is 41.1 Å². The van der Waals surface area contributed by atoms with Crippen LogP contribution < -0.4 is 5.32 Å². The maximum absolute atomic E-state index is 6.00. The van der Waals surface area contributed by atoms with Gasteiger partial charge in [0.05, 0.1) is 23.7 Å². The highest BCUT2D eigenvalue weighted by atomic mass is 16.5. The summed E-state index contributed by atoms with van der Waals surface area (Å²) < 4.78 is 7.91. The Morgan fingerprint density at radius 3 is 2.50 bits per heavy atom. The van der Waals surface area contributed by atoms with Gasteiger partial charge in [-0.2, -0.15) is 0 Å². The molecule has 0 saturated carbocycles. The first kappa shape index (κ1) is 15.1. The van der Waals surface area contributed by atoms with Gasteiger partial charge in [0.1, 0.15) is 6.10 Å². The van der Waals surface area contributed by atoms with Crippen LogP contribution in [0.25, 0.3) is 5.69 Å². The van der Waals surface area contributed by atoms with Crippen LogP contribution in [0.3, 0.4) is 0 Å². The minimum absolute atomic E-state index is 0.0346. The van der Waals surface area contributed by atoms with E-state index in [9.17, 15) is 0 Å². The first-order valence-corrected chi connectivity index (χ1v) is 8.28. The van der Waals surface area contributed by atoms with E-state index in [0.717, 1.165) is 36.6 Å². The maximum atomic E-state index is 6.00. The van der Waals surface area contributed by atoms with Crippen molar-refractivity contribution in [2.45, 2.75) is 12.5 Å². The van der Waals surface area contributed by atoms with Gasteiger partial charge < -0.3 is 10.1 Å². The van der Waals surface area contributed by atoms with Crippen LogP contribution in [-0.4, -0.2) is 34.7 Å². The van der Waals surface area contributed by atoms with Gasteiger partial charge in [0, 0.05) is 19.5 Å². The molecular weight excluding hydrogens is 300 g/mol. The molecule has 0 radical (unpaired) electrons. The van der Waals surface area contributed by atoms with Gasteiger partial charge >= 0.3 is 0 Å². The molecule has 1 saturated heterocycles. The third-order valence-corrected chi connectivity index (χ3v) is 4.23. The van der Waals surface area contributed by atoms with Crippen molar-refractivity contribution in [1.29, 1.82) is 0 Å². The van der Waals surface area contributed by atoms with Crippen molar-refractivity contribution in [2.24, 2.45) is 0 Å². The first-order valence-electron chi connectivity index (χ1n) is 8.28. The quantitative estimate of drug-likeness (QED) is 0.802. The van der Waals surface area contributed by atoms with Crippen molar-refractivity contribution >= 4 is 0 Å². The average molecular weight is 320 g/mol. The lowest BCUT2D eigenvalue weighted by atomic mass is 10.1. The Morgan fingerprint density at radius 2 is 1.79 bits per heavy atom. The third-order valence-electron chi connectivity index (χ3n) is 4.23. The van der Waals surface area contributed by atoms with Gasteiger partial charge in [0.15, 0.2) is 0 Å². The van der Waals surface area contributed by atoms with E-state index in [2.05, 4.69) is 39.9 Å². The lowest BCUT2D eigenvalue weighted by molar-refractivity contribution is 0.0230. The van der Waals surface area contributed by atoms with E-state index in [1.165, 1.54) is 5.56 Å². The van der Waals surface area contributed by atoms with Crippen molar-refractivity contribution in [1.82, 2.24) is 20.3 Å². The summed E-state index contributed by atoms with van der Waals surface area (Å²) in [6, 6.07) is 20.5. The van der Waals surface area contributed by atoms with Gasteiger partial charge in [-0.15, -0.1) is 5.10 Å². The van der Waals surface area contributed by atoms with Gasteiger partial charge in [0.25, 0.3) is 0 Å². The normalized spacial score (nSPS) is 17.8. The number of nitrogens with one attached hydrogen (secondary N) is 1. The molecule has 1 fully saturated rings. The Hall–Kier alpha value is -2.50. The van der Waals surface area contributed by atoms with E-state index in [4.69, 9.17) is 4.74 Å². The van der Waals surface area contributed by atoms with Crippen molar-refractivity contribution in [3.63, 3.8) is 0 Å². The molecule has 0 bridgehead atoms. The number of morpholine rings is 1.